The molecule has 0 aliphatic rings. The molecule has 0 atom stereocenters. The summed E-state index contributed by atoms with van der Waals surface area (Å²) < 4.78 is 16.3. The second-order valence-electron chi connectivity index (χ2n) is 7.12. The summed E-state index contributed by atoms with van der Waals surface area (Å²) in [7, 11) is 1.25. The predicted octanol–water partition coefficient (Wildman–Crippen LogP) is 5.23. The van der Waals surface area contributed by atoms with Gasteiger partial charge in [-0.3, -0.25) is 4.79 Å². The lowest BCUT2D eigenvalue weighted by Gasteiger charge is -2.13. The standard InChI is InChI=1S/C23H33NO5/c1-4-6-7-8-9-10-11-12-13-29-20-14-17-19(15-21(20)28-5-2)24-16-18(22(17)25)23(26)27-3/h14-16H,4-13H2,1-3H3,(H,24,25). The van der Waals surface area contributed by atoms with Crippen LogP contribution in [0.25, 0.3) is 10.9 Å². The molecule has 1 heterocycles. The minimum atomic E-state index is -0.663. The van der Waals surface area contributed by atoms with Crippen molar-refractivity contribution in [1.29, 1.82) is 0 Å². The van der Waals surface area contributed by atoms with Crippen LogP contribution in [0, 0.1) is 0 Å². The lowest BCUT2D eigenvalue weighted by molar-refractivity contribution is 0.0599. The molecule has 2 rings (SSSR count). The van der Waals surface area contributed by atoms with Crippen molar-refractivity contribution in [2.45, 2.75) is 65.2 Å². The maximum atomic E-state index is 12.7. The third-order valence-electron chi connectivity index (χ3n) is 4.91. The van der Waals surface area contributed by atoms with Gasteiger partial charge in [0.25, 0.3) is 0 Å². The Hall–Kier alpha value is -2.50. The average Bonchev–Trinajstić information content (AvgIpc) is 2.73. The van der Waals surface area contributed by atoms with Gasteiger partial charge in [0.15, 0.2) is 11.5 Å². The van der Waals surface area contributed by atoms with Crippen molar-refractivity contribution in [2.75, 3.05) is 20.3 Å². The molecule has 6 nitrogen and oxygen atoms in total. The highest BCUT2D eigenvalue weighted by atomic mass is 16.5. The number of benzene rings is 1. The van der Waals surface area contributed by atoms with Crippen LogP contribution in [0.3, 0.4) is 0 Å². The first-order valence-electron chi connectivity index (χ1n) is 10.7. The number of carbonyl (C=O) groups is 1. The fourth-order valence-electron chi connectivity index (χ4n) is 3.29. The summed E-state index contributed by atoms with van der Waals surface area (Å²) in [5, 5.41) is 0.377. The number of nitrogens with one attached hydrogen (secondary N) is 1. The highest BCUT2D eigenvalue weighted by molar-refractivity contribution is 5.94. The van der Waals surface area contributed by atoms with E-state index in [4.69, 9.17) is 9.47 Å². The molecule has 0 amide bonds. The van der Waals surface area contributed by atoms with Crippen molar-refractivity contribution < 1.29 is 19.0 Å². The number of ether oxygens (including phenoxy) is 3. The Balaban J connectivity index is 2.04. The Morgan fingerprint density at radius 2 is 1.59 bits per heavy atom. The zero-order chi connectivity index (χ0) is 21.1. The molecule has 1 aromatic heterocycles. The number of H-pyrrole nitrogens is 1. The quantitative estimate of drug-likeness (QED) is 0.366. The van der Waals surface area contributed by atoms with E-state index in [1.165, 1.54) is 51.8 Å². The minimum absolute atomic E-state index is 0.0295. The minimum Gasteiger partial charge on any atom is -0.490 e. The molecule has 0 aliphatic heterocycles. The van der Waals surface area contributed by atoms with E-state index in [1.54, 1.807) is 12.1 Å². The molecule has 0 unspecified atom stereocenters. The number of esters is 1. The number of fused-ring (bicyclic) bond motifs is 1. The van der Waals surface area contributed by atoms with Crippen LogP contribution >= 0.6 is 0 Å². The molecule has 0 saturated carbocycles. The van der Waals surface area contributed by atoms with Crippen molar-refractivity contribution in [3.05, 3.63) is 34.1 Å². The maximum Gasteiger partial charge on any atom is 0.343 e. The molecule has 2 aromatic rings. The maximum absolute atomic E-state index is 12.7. The number of aromatic nitrogens is 1. The fourth-order valence-corrected chi connectivity index (χ4v) is 3.29. The third-order valence-corrected chi connectivity index (χ3v) is 4.91. The number of pyridine rings is 1. The molecule has 1 aromatic carbocycles. The zero-order valence-electron chi connectivity index (χ0n) is 17.8. The summed E-state index contributed by atoms with van der Waals surface area (Å²) >= 11 is 0. The highest BCUT2D eigenvalue weighted by Gasteiger charge is 2.16. The molecule has 0 saturated heterocycles. The van der Waals surface area contributed by atoms with Gasteiger partial charge in [-0.2, -0.15) is 0 Å². The molecular formula is C23H33NO5. The predicted molar refractivity (Wildman–Crippen MR) is 115 cm³/mol. The van der Waals surface area contributed by atoms with Gasteiger partial charge >= 0.3 is 5.97 Å². The summed E-state index contributed by atoms with van der Waals surface area (Å²) in [5.74, 6) is 0.444. The zero-order valence-corrected chi connectivity index (χ0v) is 17.8. The first-order chi connectivity index (χ1) is 14.1. The van der Waals surface area contributed by atoms with E-state index in [0.717, 1.165) is 12.8 Å². The Kier molecular flexibility index (Phi) is 9.54. The van der Waals surface area contributed by atoms with Gasteiger partial charge in [-0.05, 0) is 19.4 Å². The van der Waals surface area contributed by atoms with Crippen LogP contribution in [0.5, 0.6) is 11.5 Å². The number of hydrogen-bond acceptors (Lipinski definition) is 5. The highest BCUT2D eigenvalue weighted by Crippen LogP contribution is 2.31. The number of carbonyl (C=O) groups excluding carboxylic acids is 1. The number of rotatable bonds is 13. The third kappa shape index (κ3) is 6.51. The number of unbranched alkanes of at least 4 members (excludes halogenated alkanes) is 7. The monoisotopic (exact) mass is 403 g/mol. The first-order valence-corrected chi connectivity index (χ1v) is 10.7. The van der Waals surface area contributed by atoms with Gasteiger partial charge < -0.3 is 19.2 Å². The second kappa shape index (κ2) is 12.1. The normalized spacial score (nSPS) is 10.9. The van der Waals surface area contributed by atoms with Crippen LogP contribution < -0.4 is 14.9 Å². The first kappa shape index (κ1) is 22.8. The molecule has 0 radical (unpaired) electrons. The van der Waals surface area contributed by atoms with Gasteiger partial charge in [0.1, 0.15) is 5.56 Å². The second-order valence-corrected chi connectivity index (χ2v) is 7.12. The Labute approximate surface area is 172 Å². The van der Waals surface area contributed by atoms with Crippen molar-refractivity contribution in [3.8, 4) is 11.5 Å². The summed E-state index contributed by atoms with van der Waals surface area (Å²) in [6.45, 7) is 5.18. The average molecular weight is 404 g/mol. The fraction of sp³-hybridized carbons (Fsp3) is 0.565. The van der Waals surface area contributed by atoms with Crippen LogP contribution in [-0.2, 0) is 4.74 Å². The van der Waals surface area contributed by atoms with Gasteiger partial charge in [-0.15, -0.1) is 0 Å². The van der Waals surface area contributed by atoms with Gasteiger partial charge in [-0.25, -0.2) is 4.79 Å². The lowest BCUT2D eigenvalue weighted by Crippen LogP contribution is -2.17. The van der Waals surface area contributed by atoms with Gasteiger partial charge in [0.05, 0.1) is 31.2 Å². The van der Waals surface area contributed by atoms with E-state index < -0.39 is 5.97 Å². The Morgan fingerprint density at radius 1 is 0.931 bits per heavy atom. The van der Waals surface area contributed by atoms with Crippen LogP contribution in [0.2, 0.25) is 0 Å². The molecule has 0 spiro atoms. The van der Waals surface area contributed by atoms with Gasteiger partial charge in [0.2, 0.25) is 5.43 Å². The van der Waals surface area contributed by atoms with E-state index in [0.29, 0.717) is 35.6 Å². The molecular weight excluding hydrogens is 370 g/mol. The van der Waals surface area contributed by atoms with Crippen LogP contribution in [-0.4, -0.2) is 31.3 Å². The van der Waals surface area contributed by atoms with Gasteiger partial charge in [0, 0.05) is 12.3 Å². The van der Waals surface area contributed by atoms with E-state index in [-0.39, 0.29) is 11.0 Å². The van der Waals surface area contributed by atoms with Crippen molar-refractivity contribution >= 4 is 16.9 Å². The summed E-state index contributed by atoms with van der Waals surface area (Å²) in [4.78, 5) is 27.4. The lowest BCUT2D eigenvalue weighted by atomic mass is 10.1. The smallest absolute Gasteiger partial charge is 0.343 e. The van der Waals surface area contributed by atoms with Crippen LogP contribution in [0.1, 0.15) is 75.6 Å². The number of aromatic amines is 1. The van der Waals surface area contributed by atoms with Crippen molar-refractivity contribution in [1.82, 2.24) is 4.98 Å². The summed E-state index contributed by atoms with van der Waals surface area (Å²) in [6, 6.07) is 3.39. The largest absolute Gasteiger partial charge is 0.490 e. The molecule has 29 heavy (non-hydrogen) atoms. The molecule has 0 bridgehead atoms. The van der Waals surface area contributed by atoms with E-state index in [1.807, 2.05) is 6.92 Å². The van der Waals surface area contributed by atoms with E-state index >= 15 is 0 Å². The Bertz CT molecular complexity index is 843. The number of methoxy groups -OCH3 is 1. The topological polar surface area (TPSA) is 77.6 Å². The van der Waals surface area contributed by atoms with Crippen LogP contribution in [0.4, 0.5) is 0 Å². The van der Waals surface area contributed by atoms with Gasteiger partial charge in [-0.1, -0.05) is 51.9 Å². The molecule has 0 aliphatic carbocycles. The molecule has 0 fully saturated rings. The Morgan fingerprint density at radius 3 is 2.24 bits per heavy atom. The summed E-state index contributed by atoms with van der Waals surface area (Å²) in [5.41, 5.74) is 0.175. The van der Waals surface area contributed by atoms with Crippen molar-refractivity contribution in [3.63, 3.8) is 0 Å². The van der Waals surface area contributed by atoms with Crippen molar-refractivity contribution in [2.24, 2.45) is 0 Å². The van der Waals surface area contributed by atoms with E-state index in [2.05, 4.69) is 16.6 Å². The SMILES string of the molecule is CCCCCCCCCCOc1cc2c(=O)c(C(=O)OC)c[nH]c2cc1OCC. The number of hydrogen-bond donors (Lipinski definition) is 1. The molecule has 6 heteroatoms. The van der Waals surface area contributed by atoms with Crippen LogP contribution in [0.15, 0.2) is 23.1 Å². The molecule has 1 N–H and O–H groups in total. The van der Waals surface area contributed by atoms with E-state index in [9.17, 15) is 9.59 Å². The molecule has 160 valence electrons. The summed E-state index contributed by atoms with van der Waals surface area (Å²) in [6.07, 6.45) is 11.1.